The molecule has 1 amide bonds. The van der Waals surface area contributed by atoms with E-state index in [-0.39, 0.29) is 11.7 Å². The summed E-state index contributed by atoms with van der Waals surface area (Å²) in [6.07, 6.45) is 0. The van der Waals surface area contributed by atoms with E-state index >= 15 is 0 Å². The molecule has 8 nitrogen and oxygen atoms in total. The summed E-state index contributed by atoms with van der Waals surface area (Å²) in [7, 11) is 1.62. The molecule has 0 unspecified atom stereocenters. The van der Waals surface area contributed by atoms with E-state index in [9.17, 15) is 4.79 Å². The highest BCUT2D eigenvalue weighted by Gasteiger charge is 2.16. The lowest BCUT2D eigenvalue weighted by Gasteiger charge is -2.09. The quantitative estimate of drug-likeness (QED) is 0.664. The number of carbonyl (C=O) groups is 1. The highest BCUT2D eigenvalue weighted by Crippen LogP contribution is 2.24. The largest absolute Gasteiger partial charge is 0.497 e. The molecule has 0 saturated heterocycles. The third-order valence-corrected chi connectivity index (χ3v) is 4.68. The van der Waals surface area contributed by atoms with Gasteiger partial charge in [0.2, 0.25) is 5.91 Å². The monoisotopic (exact) mass is 373 g/mol. The second kappa shape index (κ2) is 7.61. The van der Waals surface area contributed by atoms with Crippen molar-refractivity contribution in [3.05, 3.63) is 41.5 Å². The molecule has 0 aliphatic carbocycles. The fraction of sp³-hybridized carbons (Fsp3) is 0.294. The number of ether oxygens (including phenoxy) is 1. The van der Waals surface area contributed by atoms with Crippen LogP contribution < -0.4 is 10.1 Å². The van der Waals surface area contributed by atoms with Gasteiger partial charge in [0.05, 0.1) is 12.9 Å². The fourth-order valence-electron chi connectivity index (χ4n) is 2.43. The van der Waals surface area contributed by atoms with Crippen LogP contribution in [0.4, 0.5) is 5.69 Å². The molecule has 0 bridgehead atoms. The molecule has 0 aliphatic heterocycles. The second-order valence-electron chi connectivity index (χ2n) is 5.60. The SMILES string of the molecule is COc1ccc(-n2c(C)nnc2SCC(=O)Nc2c(C)noc2C)cc1. The number of rotatable bonds is 6. The van der Waals surface area contributed by atoms with Crippen molar-refractivity contribution < 1.29 is 14.1 Å². The molecular weight excluding hydrogens is 354 g/mol. The van der Waals surface area contributed by atoms with E-state index in [0.29, 0.717) is 22.3 Å². The molecule has 1 aromatic carbocycles. The first-order chi connectivity index (χ1) is 12.5. The van der Waals surface area contributed by atoms with Gasteiger partial charge in [-0.15, -0.1) is 10.2 Å². The van der Waals surface area contributed by atoms with Gasteiger partial charge >= 0.3 is 0 Å². The van der Waals surface area contributed by atoms with E-state index in [1.54, 1.807) is 21.0 Å². The minimum atomic E-state index is -0.161. The van der Waals surface area contributed by atoms with Gasteiger partial charge in [-0.3, -0.25) is 9.36 Å². The second-order valence-corrected chi connectivity index (χ2v) is 6.54. The molecule has 3 rings (SSSR count). The summed E-state index contributed by atoms with van der Waals surface area (Å²) >= 11 is 1.31. The Labute approximate surface area is 154 Å². The molecule has 1 N–H and O–H groups in total. The summed E-state index contributed by atoms with van der Waals surface area (Å²) in [5.74, 6) is 2.12. The van der Waals surface area contributed by atoms with Crippen LogP contribution in [0.15, 0.2) is 33.9 Å². The molecule has 9 heteroatoms. The number of anilines is 1. The third-order valence-electron chi connectivity index (χ3n) is 3.76. The Morgan fingerprint density at radius 2 is 1.96 bits per heavy atom. The number of thioether (sulfide) groups is 1. The van der Waals surface area contributed by atoms with Crippen molar-refractivity contribution in [2.45, 2.75) is 25.9 Å². The molecule has 26 heavy (non-hydrogen) atoms. The number of methoxy groups -OCH3 is 1. The van der Waals surface area contributed by atoms with E-state index in [1.165, 1.54) is 11.8 Å². The van der Waals surface area contributed by atoms with Crippen LogP contribution in [0.5, 0.6) is 5.75 Å². The van der Waals surface area contributed by atoms with Gasteiger partial charge in [0.25, 0.3) is 0 Å². The van der Waals surface area contributed by atoms with Crippen LogP contribution in [0, 0.1) is 20.8 Å². The van der Waals surface area contributed by atoms with Gasteiger partial charge in [0.1, 0.15) is 23.0 Å². The van der Waals surface area contributed by atoms with Gasteiger partial charge in [-0.1, -0.05) is 16.9 Å². The van der Waals surface area contributed by atoms with E-state index in [2.05, 4.69) is 20.7 Å². The van der Waals surface area contributed by atoms with Crippen LogP contribution in [0.1, 0.15) is 17.3 Å². The van der Waals surface area contributed by atoms with E-state index in [0.717, 1.165) is 17.3 Å². The number of hydrogen-bond acceptors (Lipinski definition) is 7. The van der Waals surface area contributed by atoms with Crippen molar-refractivity contribution in [1.82, 2.24) is 19.9 Å². The van der Waals surface area contributed by atoms with Crippen LogP contribution in [-0.4, -0.2) is 38.7 Å². The number of nitrogens with one attached hydrogen (secondary N) is 1. The number of aryl methyl sites for hydroxylation is 3. The lowest BCUT2D eigenvalue weighted by atomic mass is 10.3. The Balaban J connectivity index is 1.71. The standard InChI is InChI=1S/C17H19N5O3S/c1-10-16(11(2)25-21-10)18-15(23)9-26-17-20-19-12(3)22(17)13-5-7-14(24-4)8-6-13/h5-8H,9H2,1-4H3,(H,18,23). The van der Waals surface area contributed by atoms with Crippen molar-refractivity contribution in [3.63, 3.8) is 0 Å². The van der Waals surface area contributed by atoms with E-state index in [1.807, 2.05) is 35.8 Å². The van der Waals surface area contributed by atoms with Crippen molar-refractivity contribution in [2.24, 2.45) is 0 Å². The lowest BCUT2D eigenvalue weighted by Crippen LogP contribution is -2.15. The van der Waals surface area contributed by atoms with E-state index < -0.39 is 0 Å². The summed E-state index contributed by atoms with van der Waals surface area (Å²) in [5.41, 5.74) is 2.17. The number of nitrogens with zero attached hydrogens (tertiary/aromatic N) is 4. The average Bonchev–Trinajstić information content (AvgIpc) is 3.17. The van der Waals surface area contributed by atoms with Gasteiger partial charge in [-0.05, 0) is 45.0 Å². The molecule has 0 atom stereocenters. The summed E-state index contributed by atoms with van der Waals surface area (Å²) in [6.45, 7) is 5.40. The fourth-order valence-corrected chi connectivity index (χ4v) is 3.23. The Morgan fingerprint density at radius 1 is 1.23 bits per heavy atom. The predicted octanol–water partition coefficient (Wildman–Crippen LogP) is 2.92. The van der Waals surface area contributed by atoms with Crippen molar-refractivity contribution in [2.75, 3.05) is 18.2 Å². The topological polar surface area (TPSA) is 95.1 Å². The van der Waals surface area contributed by atoms with Gasteiger partial charge < -0.3 is 14.6 Å². The van der Waals surface area contributed by atoms with Crippen LogP contribution in [0.3, 0.4) is 0 Å². The molecule has 2 heterocycles. The van der Waals surface area contributed by atoms with Crippen LogP contribution in [0.25, 0.3) is 5.69 Å². The molecular formula is C17H19N5O3S. The maximum Gasteiger partial charge on any atom is 0.234 e. The predicted molar refractivity (Wildman–Crippen MR) is 98.0 cm³/mol. The normalized spacial score (nSPS) is 10.8. The molecule has 0 aliphatic rings. The smallest absolute Gasteiger partial charge is 0.234 e. The Morgan fingerprint density at radius 3 is 2.58 bits per heavy atom. The van der Waals surface area contributed by atoms with Gasteiger partial charge in [-0.25, -0.2) is 0 Å². The van der Waals surface area contributed by atoms with Crippen LogP contribution in [0.2, 0.25) is 0 Å². The number of carbonyl (C=O) groups excluding carboxylic acids is 1. The highest BCUT2D eigenvalue weighted by molar-refractivity contribution is 7.99. The lowest BCUT2D eigenvalue weighted by molar-refractivity contribution is -0.113. The Kier molecular flexibility index (Phi) is 5.27. The summed E-state index contributed by atoms with van der Waals surface area (Å²) in [4.78, 5) is 12.3. The van der Waals surface area contributed by atoms with Crippen molar-refractivity contribution in [3.8, 4) is 11.4 Å². The molecule has 2 aromatic heterocycles. The van der Waals surface area contributed by atoms with Crippen LogP contribution >= 0.6 is 11.8 Å². The number of hydrogen-bond donors (Lipinski definition) is 1. The first kappa shape index (κ1) is 18.0. The number of aromatic nitrogens is 4. The Bertz CT molecular complexity index is 898. The maximum absolute atomic E-state index is 12.3. The first-order valence-electron chi connectivity index (χ1n) is 7.91. The summed E-state index contributed by atoms with van der Waals surface area (Å²) in [6, 6.07) is 7.58. The van der Waals surface area contributed by atoms with Crippen molar-refractivity contribution >= 4 is 23.4 Å². The molecule has 0 fully saturated rings. The zero-order valence-electron chi connectivity index (χ0n) is 14.9. The summed E-state index contributed by atoms with van der Waals surface area (Å²) in [5, 5.41) is 15.6. The van der Waals surface area contributed by atoms with Gasteiger partial charge in [0, 0.05) is 5.69 Å². The minimum absolute atomic E-state index is 0.161. The number of amides is 1. The maximum atomic E-state index is 12.3. The Hall–Kier alpha value is -2.81. The zero-order valence-corrected chi connectivity index (χ0v) is 15.8. The number of benzene rings is 1. The molecule has 0 radical (unpaired) electrons. The molecule has 0 spiro atoms. The zero-order chi connectivity index (χ0) is 18.7. The van der Waals surface area contributed by atoms with Crippen molar-refractivity contribution in [1.29, 1.82) is 0 Å². The average molecular weight is 373 g/mol. The minimum Gasteiger partial charge on any atom is -0.497 e. The van der Waals surface area contributed by atoms with Crippen LogP contribution in [-0.2, 0) is 4.79 Å². The highest BCUT2D eigenvalue weighted by atomic mass is 32.2. The molecule has 0 saturated carbocycles. The van der Waals surface area contributed by atoms with E-state index in [4.69, 9.17) is 9.26 Å². The summed E-state index contributed by atoms with van der Waals surface area (Å²) < 4.78 is 12.1. The van der Waals surface area contributed by atoms with Gasteiger partial charge in [-0.2, -0.15) is 0 Å². The molecule has 136 valence electrons. The van der Waals surface area contributed by atoms with Gasteiger partial charge in [0.15, 0.2) is 10.9 Å². The first-order valence-corrected chi connectivity index (χ1v) is 8.90. The molecule has 3 aromatic rings. The third kappa shape index (κ3) is 3.72.